The molecule has 5 nitrogen and oxygen atoms in total. The summed E-state index contributed by atoms with van der Waals surface area (Å²) in [6, 6.07) is 7.89. The minimum atomic E-state index is -0.129. The highest BCUT2D eigenvalue weighted by Crippen LogP contribution is 2.20. The minimum absolute atomic E-state index is 0.0320. The fourth-order valence-electron chi connectivity index (χ4n) is 2.54. The van der Waals surface area contributed by atoms with Gasteiger partial charge in [0.1, 0.15) is 0 Å². The number of urea groups is 1. The van der Waals surface area contributed by atoms with Crippen LogP contribution in [0, 0.1) is 0 Å². The number of rotatable bonds is 4. The van der Waals surface area contributed by atoms with Gasteiger partial charge in [0.2, 0.25) is 0 Å². The maximum Gasteiger partial charge on any atom is 0.322 e. The van der Waals surface area contributed by atoms with E-state index in [0.717, 1.165) is 24.1 Å². The smallest absolute Gasteiger partial charge is 0.322 e. The summed E-state index contributed by atoms with van der Waals surface area (Å²) >= 11 is 0. The highest BCUT2D eigenvalue weighted by atomic mass is 16.3. The Morgan fingerprint density at radius 3 is 3.05 bits per heavy atom. The third-order valence-electron chi connectivity index (χ3n) is 3.92. The Labute approximate surface area is 120 Å². The average molecular weight is 277 g/mol. The van der Waals surface area contributed by atoms with Crippen LogP contribution in [0.15, 0.2) is 24.3 Å². The van der Waals surface area contributed by atoms with Crippen molar-refractivity contribution in [3.63, 3.8) is 0 Å². The van der Waals surface area contributed by atoms with E-state index in [9.17, 15) is 9.90 Å². The topological polar surface area (TPSA) is 64.6 Å². The van der Waals surface area contributed by atoms with E-state index >= 15 is 0 Å². The Hall–Kier alpha value is -1.59. The van der Waals surface area contributed by atoms with E-state index in [1.165, 1.54) is 0 Å². The predicted molar refractivity (Wildman–Crippen MR) is 79.7 cm³/mol. The molecule has 0 aliphatic carbocycles. The number of nitrogens with zero attached hydrogens (tertiary/aromatic N) is 1. The number of likely N-dealkylation sites (tertiary alicyclic amines) is 1. The Kier molecular flexibility index (Phi) is 4.98. The van der Waals surface area contributed by atoms with Gasteiger partial charge in [0.15, 0.2) is 0 Å². The molecule has 1 fully saturated rings. The van der Waals surface area contributed by atoms with Crippen LogP contribution >= 0.6 is 0 Å². The quantitative estimate of drug-likeness (QED) is 0.788. The molecule has 2 rings (SSSR count). The van der Waals surface area contributed by atoms with E-state index in [4.69, 9.17) is 0 Å². The number of benzene rings is 1. The van der Waals surface area contributed by atoms with Crippen molar-refractivity contribution in [3.8, 4) is 0 Å². The van der Waals surface area contributed by atoms with Gasteiger partial charge in [0.05, 0.1) is 12.6 Å². The molecule has 1 saturated heterocycles. The lowest BCUT2D eigenvalue weighted by molar-refractivity contribution is 0.166. The van der Waals surface area contributed by atoms with Crippen LogP contribution in [0.5, 0.6) is 0 Å². The molecule has 1 aliphatic heterocycles. The zero-order chi connectivity index (χ0) is 14.5. The van der Waals surface area contributed by atoms with Gasteiger partial charge in [-0.05, 0) is 44.5 Å². The fraction of sp³-hybridized carbons (Fsp3) is 0.533. The van der Waals surface area contributed by atoms with Crippen molar-refractivity contribution in [3.05, 3.63) is 29.8 Å². The Morgan fingerprint density at radius 2 is 2.35 bits per heavy atom. The number of aliphatic hydroxyl groups is 1. The average Bonchev–Trinajstić information content (AvgIpc) is 2.95. The summed E-state index contributed by atoms with van der Waals surface area (Å²) in [7, 11) is 1.91. The number of nitrogens with one attached hydrogen (secondary N) is 2. The predicted octanol–water partition coefficient (Wildman–Crippen LogP) is 1.96. The molecular weight excluding hydrogens is 254 g/mol. The van der Waals surface area contributed by atoms with Gasteiger partial charge < -0.3 is 20.6 Å². The molecule has 0 spiro atoms. The van der Waals surface area contributed by atoms with Crippen molar-refractivity contribution in [2.45, 2.75) is 31.8 Å². The molecule has 110 valence electrons. The lowest BCUT2D eigenvalue weighted by Gasteiger charge is -2.23. The monoisotopic (exact) mass is 277 g/mol. The molecule has 3 N–H and O–H groups in total. The SMILES string of the molecule is CNC(C)c1cccc(NC(=O)N2CCCC2CO)c1. The van der Waals surface area contributed by atoms with E-state index in [0.29, 0.717) is 6.54 Å². The maximum absolute atomic E-state index is 12.2. The van der Waals surface area contributed by atoms with Crippen LogP contribution in [0.4, 0.5) is 10.5 Å². The number of hydrogen-bond acceptors (Lipinski definition) is 3. The molecule has 1 aliphatic rings. The fourth-order valence-corrected chi connectivity index (χ4v) is 2.54. The number of carbonyl (C=O) groups excluding carboxylic acids is 1. The molecule has 2 atom stereocenters. The summed E-state index contributed by atoms with van der Waals surface area (Å²) in [4.78, 5) is 13.9. The van der Waals surface area contributed by atoms with Crippen LogP contribution in [0.1, 0.15) is 31.4 Å². The molecule has 20 heavy (non-hydrogen) atoms. The summed E-state index contributed by atoms with van der Waals surface area (Å²) in [6.45, 7) is 2.82. The number of hydrogen-bond donors (Lipinski definition) is 3. The zero-order valence-electron chi connectivity index (χ0n) is 12.1. The first-order chi connectivity index (χ1) is 9.65. The van der Waals surface area contributed by atoms with Gasteiger partial charge in [-0.3, -0.25) is 0 Å². The van der Waals surface area contributed by atoms with Crippen LogP contribution in [0.2, 0.25) is 0 Å². The number of anilines is 1. The van der Waals surface area contributed by atoms with Crippen LogP contribution < -0.4 is 10.6 Å². The van der Waals surface area contributed by atoms with Crippen LogP contribution in [0.3, 0.4) is 0 Å². The van der Waals surface area contributed by atoms with Gasteiger partial charge in [-0.25, -0.2) is 4.79 Å². The molecule has 2 amide bonds. The second kappa shape index (κ2) is 6.72. The van der Waals surface area contributed by atoms with Crippen molar-refractivity contribution in [2.75, 3.05) is 25.5 Å². The van der Waals surface area contributed by atoms with Crippen LogP contribution in [-0.2, 0) is 0 Å². The molecule has 0 saturated carbocycles. The minimum Gasteiger partial charge on any atom is -0.394 e. The van der Waals surface area contributed by atoms with Crippen LogP contribution in [-0.4, -0.2) is 42.3 Å². The van der Waals surface area contributed by atoms with Crippen molar-refractivity contribution in [1.29, 1.82) is 0 Å². The summed E-state index contributed by atoms with van der Waals surface area (Å²) in [6.07, 6.45) is 1.83. The van der Waals surface area contributed by atoms with E-state index in [-0.39, 0.29) is 24.7 Å². The lowest BCUT2D eigenvalue weighted by Crippen LogP contribution is -2.40. The van der Waals surface area contributed by atoms with Crippen molar-refractivity contribution in [1.82, 2.24) is 10.2 Å². The molecule has 1 aromatic carbocycles. The van der Waals surface area contributed by atoms with Gasteiger partial charge in [0.25, 0.3) is 0 Å². The van der Waals surface area contributed by atoms with E-state index in [2.05, 4.69) is 17.6 Å². The first kappa shape index (κ1) is 14.8. The lowest BCUT2D eigenvalue weighted by atomic mass is 10.1. The van der Waals surface area contributed by atoms with Crippen molar-refractivity contribution >= 4 is 11.7 Å². The Morgan fingerprint density at radius 1 is 1.55 bits per heavy atom. The summed E-state index contributed by atoms with van der Waals surface area (Å²) in [5, 5.41) is 15.4. The molecule has 0 bridgehead atoms. The number of carbonyl (C=O) groups is 1. The van der Waals surface area contributed by atoms with Gasteiger partial charge in [-0.15, -0.1) is 0 Å². The van der Waals surface area contributed by atoms with E-state index < -0.39 is 0 Å². The normalized spacial score (nSPS) is 19.9. The largest absolute Gasteiger partial charge is 0.394 e. The molecule has 0 aromatic heterocycles. The summed E-state index contributed by atoms with van der Waals surface area (Å²) < 4.78 is 0. The third-order valence-corrected chi connectivity index (χ3v) is 3.92. The van der Waals surface area contributed by atoms with Gasteiger partial charge in [-0.1, -0.05) is 12.1 Å². The highest BCUT2D eigenvalue weighted by molar-refractivity contribution is 5.89. The molecule has 1 aromatic rings. The number of aliphatic hydroxyl groups excluding tert-OH is 1. The Bertz CT molecular complexity index is 464. The van der Waals surface area contributed by atoms with Gasteiger partial charge >= 0.3 is 6.03 Å². The van der Waals surface area contributed by atoms with Crippen molar-refractivity contribution < 1.29 is 9.90 Å². The number of amides is 2. The standard InChI is InChI=1S/C15H23N3O2/c1-11(16-2)12-5-3-6-13(9-12)17-15(20)18-8-4-7-14(18)10-19/h3,5-6,9,11,14,16,19H,4,7-8,10H2,1-2H3,(H,17,20). The molecule has 1 heterocycles. The van der Waals surface area contributed by atoms with E-state index in [1.807, 2.05) is 31.3 Å². The van der Waals surface area contributed by atoms with E-state index in [1.54, 1.807) is 4.90 Å². The molecule has 5 heteroatoms. The van der Waals surface area contributed by atoms with Crippen molar-refractivity contribution in [2.24, 2.45) is 0 Å². The molecule has 2 unspecified atom stereocenters. The van der Waals surface area contributed by atoms with Crippen LogP contribution in [0.25, 0.3) is 0 Å². The molecular formula is C15H23N3O2. The highest BCUT2D eigenvalue weighted by Gasteiger charge is 2.27. The summed E-state index contributed by atoms with van der Waals surface area (Å²) in [5.41, 5.74) is 1.92. The first-order valence-corrected chi connectivity index (χ1v) is 7.11. The first-order valence-electron chi connectivity index (χ1n) is 7.11. The summed E-state index contributed by atoms with van der Waals surface area (Å²) in [5.74, 6) is 0. The van der Waals surface area contributed by atoms with Gasteiger partial charge in [-0.2, -0.15) is 0 Å². The Balaban J connectivity index is 2.04. The molecule has 0 radical (unpaired) electrons. The third kappa shape index (κ3) is 3.29. The zero-order valence-corrected chi connectivity index (χ0v) is 12.1. The maximum atomic E-state index is 12.2. The van der Waals surface area contributed by atoms with Gasteiger partial charge in [0, 0.05) is 18.3 Å². The second-order valence-corrected chi connectivity index (χ2v) is 5.24. The second-order valence-electron chi connectivity index (χ2n) is 5.24.